The van der Waals surface area contributed by atoms with Gasteiger partial charge in [0.15, 0.2) is 0 Å². The molecule has 0 bridgehead atoms. The average molecular weight is 347 g/mol. The van der Waals surface area contributed by atoms with Gasteiger partial charge in [0.2, 0.25) is 5.95 Å². The third kappa shape index (κ3) is 4.06. The summed E-state index contributed by atoms with van der Waals surface area (Å²) >= 11 is 9.74. The molecule has 1 aromatic rings. The molecule has 1 fully saturated rings. The molecule has 2 rings (SSSR count). The molecule has 0 atom stereocenters. The highest BCUT2D eigenvalue weighted by Gasteiger charge is 2.17. The van der Waals surface area contributed by atoms with Crippen molar-refractivity contribution >= 4 is 33.5 Å². The number of halogens is 2. The van der Waals surface area contributed by atoms with Crippen LogP contribution in [-0.2, 0) is 6.42 Å². The number of aromatic nitrogens is 2. The highest BCUT2D eigenvalue weighted by atomic mass is 79.9. The second kappa shape index (κ2) is 6.89. The van der Waals surface area contributed by atoms with Crippen molar-refractivity contribution in [3.63, 3.8) is 0 Å². The third-order valence-electron chi connectivity index (χ3n) is 3.36. The number of hydrogen-bond acceptors (Lipinski definition) is 3. The quantitative estimate of drug-likeness (QED) is 0.756. The van der Waals surface area contributed by atoms with E-state index < -0.39 is 0 Å². The third-order valence-corrected chi connectivity index (χ3v) is 4.69. The number of rotatable bonds is 3. The molecule has 1 saturated heterocycles. The highest BCUT2D eigenvalue weighted by Crippen LogP contribution is 2.28. The fraction of sp³-hybridized carbons (Fsp3) is 0.714. The standard InChI is InChI=1S/C14H21BrClN3/c1-10(2)9-11-12(15)13(16)18-14(17-11)19-7-5-3-4-6-8-19/h10H,3-9H2,1-2H3. The normalized spacial score (nSPS) is 16.8. The molecule has 0 saturated carbocycles. The zero-order valence-corrected chi connectivity index (χ0v) is 14.0. The van der Waals surface area contributed by atoms with E-state index in [0.717, 1.165) is 35.6 Å². The molecule has 3 nitrogen and oxygen atoms in total. The molecule has 1 aromatic heterocycles. The molecule has 19 heavy (non-hydrogen) atoms. The van der Waals surface area contributed by atoms with Crippen LogP contribution in [0.4, 0.5) is 5.95 Å². The lowest BCUT2D eigenvalue weighted by molar-refractivity contribution is 0.629. The molecule has 5 heteroatoms. The fourth-order valence-corrected chi connectivity index (χ4v) is 2.91. The zero-order valence-electron chi connectivity index (χ0n) is 11.6. The summed E-state index contributed by atoms with van der Waals surface area (Å²) in [7, 11) is 0. The molecular formula is C14H21BrClN3. The van der Waals surface area contributed by atoms with Gasteiger partial charge in [-0.1, -0.05) is 38.3 Å². The SMILES string of the molecule is CC(C)Cc1nc(N2CCCCCC2)nc(Cl)c1Br. The first kappa shape index (κ1) is 15.0. The fourth-order valence-electron chi connectivity index (χ4n) is 2.38. The van der Waals surface area contributed by atoms with E-state index in [9.17, 15) is 0 Å². The Kier molecular flexibility index (Phi) is 5.46. The largest absolute Gasteiger partial charge is 0.341 e. The van der Waals surface area contributed by atoms with Gasteiger partial charge in [-0.15, -0.1) is 0 Å². The van der Waals surface area contributed by atoms with Crippen molar-refractivity contribution in [3.05, 3.63) is 15.3 Å². The van der Waals surface area contributed by atoms with Gasteiger partial charge in [-0.05, 0) is 41.1 Å². The summed E-state index contributed by atoms with van der Waals surface area (Å²) < 4.78 is 0.849. The van der Waals surface area contributed by atoms with E-state index in [1.165, 1.54) is 25.7 Å². The Balaban J connectivity index is 2.26. The number of hydrogen-bond donors (Lipinski definition) is 0. The van der Waals surface area contributed by atoms with Crippen LogP contribution in [0.2, 0.25) is 5.15 Å². The van der Waals surface area contributed by atoms with Gasteiger partial charge < -0.3 is 4.90 Å². The van der Waals surface area contributed by atoms with Crippen LogP contribution in [0.5, 0.6) is 0 Å². The topological polar surface area (TPSA) is 29.0 Å². The van der Waals surface area contributed by atoms with Crippen LogP contribution in [-0.4, -0.2) is 23.1 Å². The Morgan fingerprint density at radius 2 is 1.79 bits per heavy atom. The minimum absolute atomic E-state index is 0.532. The van der Waals surface area contributed by atoms with Gasteiger partial charge in [-0.25, -0.2) is 4.98 Å². The number of anilines is 1. The van der Waals surface area contributed by atoms with Crippen LogP contribution < -0.4 is 4.90 Å². The van der Waals surface area contributed by atoms with E-state index in [-0.39, 0.29) is 0 Å². The summed E-state index contributed by atoms with van der Waals surface area (Å²) in [6.07, 6.45) is 5.97. The van der Waals surface area contributed by atoms with Crippen LogP contribution in [0.25, 0.3) is 0 Å². The summed E-state index contributed by atoms with van der Waals surface area (Å²) in [6.45, 7) is 6.46. The smallest absolute Gasteiger partial charge is 0.227 e. The first-order chi connectivity index (χ1) is 9.08. The van der Waals surface area contributed by atoms with Crippen molar-refractivity contribution in [2.24, 2.45) is 5.92 Å². The molecule has 106 valence electrons. The minimum atomic E-state index is 0.532. The second-order valence-corrected chi connectivity index (χ2v) is 6.73. The first-order valence-electron chi connectivity index (χ1n) is 7.04. The lowest BCUT2D eigenvalue weighted by Crippen LogP contribution is -2.26. The molecule has 0 aromatic carbocycles. The van der Waals surface area contributed by atoms with Gasteiger partial charge in [0.25, 0.3) is 0 Å². The van der Waals surface area contributed by atoms with E-state index in [4.69, 9.17) is 16.6 Å². The van der Waals surface area contributed by atoms with E-state index in [0.29, 0.717) is 11.1 Å². The Bertz CT molecular complexity index is 429. The minimum Gasteiger partial charge on any atom is -0.341 e. The van der Waals surface area contributed by atoms with Crippen LogP contribution in [0.3, 0.4) is 0 Å². The second-order valence-electron chi connectivity index (χ2n) is 5.57. The summed E-state index contributed by atoms with van der Waals surface area (Å²) in [6, 6.07) is 0. The summed E-state index contributed by atoms with van der Waals surface area (Å²) in [5, 5.41) is 0.532. The van der Waals surface area contributed by atoms with Crippen LogP contribution >= 0.6 is 27.5 Å². The molecule has 0 radical (unpaired) electrons. The van der Waals surface area contributed by atoms with E-state index >= 15 is 0 Å². The van der Waals surface area contributed by atoms with E-state index in [1.54, 1.807) is 0 Å². The molecule has 0 unspecified atom stereocenters. The maximum Gasteiger partial charge on any atom is 0.227 e. The summed E-state index contributed by atoms with van der Waals surface area (Å²) in [4.78, 5) is 11.4. The predicted molar refractivity (Wildman–Crippen MR) is 84.0 cm³/mol. The lowest BCUT2D eigenvalue weighted by atomic mass is 10.1. The first-order valence-corrected chi connectivity index (χ1v) is 8.22. The zero-order chi connectivity index (χ0) is 13.8. The van der Waals surface area contributed by atoms with Gasteiger partial charge >= 0.3 is 0 Å². The molecule has 0 aliphatic carbocycles. The van der Waals surface area contributed by atoms with Crippen molar-refractivity contribution < 1.29 is 0 Å². The summed E-state index contributed by atoms with van der Waals surface area (Å²) in [5.74, 6) is 1.35. The molecule has 0 N–H and O–H groups in total. The van der Waals surface area contributed by atoms with Crippen molar-refractivity contribution in [3.8, 4) is 0 Å². The van der Waals surface area contributed by atoms with Crippen LogP contribution in [0, 0.1) is 5.92 Å². The van der Waals surface area contributed by atoms with E-state index in [1.807, 2.05) is 0 Å². The Hall–Kier alpha value is -0.350. The maximum atomic E-state index is 6.24. The van der Waals surface area contributed by atoms with Crippen LogP contribution in [0.15, 0.2) is 4.47 Å². The Morgan fingerprint density at radius 1 is 1.16 bits per heavy atom. The molecule has 1 aliphatic rings. The molecular weight excluding hydrogens is 326 g/mol. The predicted octanol–water partition coefficient (Wildman–Crippen LogP) is 4.47. The van der Waals surface area contributed by atoms with Crippen molar-refractivity contribution in [1.82, 2.24) is 9.97 Å². The summed E-state index contributed by atoms with van der Waals surface area (Å²) in [5.41, 5.74) is 1.02. The van der Waals surface area contributed by atoms with Gasteiger partial charge in [0.1, 0.15) is 5.15 Å². The Labute approximate surface area is 128 Å². The Morgan fingerprint density at radius 3 is 2.37 bits per heavy atom. The average Bonchev–Trinajstić information content (AvgIpc) is 2.63. The molecule has 1 aliphatic heterocycles. The van der Waals surface area contributed by atoms with Gasteiger partial charge in [-0.2, -0.15) is 4.98 Å². The molecule has 0 amide bonds. The van der Waals surface area contributed by atoms with Crippen LogP contribution in [0.1, 0.15) is 45.2 Å². The number of nitrogens with zero attached hydrogens (tertiary/aromatic N) is 3. The highest BCUT2D eigenvalue weighted by molar-refractivity contribution is 9.10. The van der Waals surface area contributed by atoms with E-state index in [2.05, 4.69) is 39.7 Å². The molecule has 2 heterocycles. The monoisotopic (exact) mass is 345 g/mol. The molecule has 0 spiro atoms. The van der Waals surface area contributed by atoms with Crippen molar-refractivity contribution in [1.29, 1.82) is 0 Å². The maximum absolute atomic E-state index is 6.24. The van der Waals surface area contributed by atoms with Crippen molar-refractivity contribution in [2.75, 3.05) is 18.0 Å². The lowest BCUT2D eigenvalue weighted by Gasteiger charge is -2.21. The van der Waals surface area contributed by atoms with Gasteiger partial charge in [0.05, 0.1) is 10.2 Å². The van der Waals surface area contributed by atoms with Gasteiger partial charge in [0, 0.05) is 13.1 Å². The van der Waals surface area contributed by atoms with Crippen molar-refractivity contribution in [2.45, 2.75) is 46.0 Å². The van der Waals surface area contributed by atoms with Gasteiger partial charge in [-0.3, -0.25) is 0 Å².